The van der Waals surface area contributed by atoms with Gasteiger partial charge in [0, 0.05) is 54.1 Å². The molecule has 2 aromatic rings. The first-order valence-corrected chi connectivity index (χ1v) is 11.0. The van der Waals surface area contributed by atoms with Crippen molar-refractivity contribution >= 4 is 17.3 Å². The van der Waals surface area contributed by atoms with E-state index in [-0.39, 0.29) is 12.6 Å². The number of benzene rings is 2. The molecule has 0 saturated carbocycles. The van der Waals surface area contributed by atoms with Gasteiger partial charge in [-0.2, -0.15) is 0 Å². The summed E-state index contributed by atoms with van der Waals surface area (Å²) in [5.41, 5.74) is 7.34. The number of halogens is 2. The number of hydrogen-bond acceptors (Lipinski definition) is 5. The molecule has 5 nitrogen and oxygen atoms in total. The summed E-state index contributed by atoms with van der Waals surface area (Å²) in [7, 11) is 0. The topological polar surface area (TPSA) is 51.0 Å². The van der Waals surface area contributed by atoms with Gasteiger partial charge in [0.05, 0.1) is 0 Å². The van der Waals surface area contributed by atoms with E-state index in [0.29, 0.717) is 35.8 Å². The van der Waals surface area contributed by atoms with Gasteiger partial charge in [-0.1, -0.05) is 11.6 Å². The highest BCUT2D eigenvalue weighted by molar-refractivity contribution is 6.30. The fourth-order valence-electron chi connectivity index (χ4n) is 4.41. The quantitative estimate of drug-likeness (QED) is 0.700. The van der Waals surface area contributed by atoms with E-state index < -0.39 is 0 Å². The summed E-state index contributed by atoms with van der Waals surface area (Å²) < 4.78 is 25.6. The lowest BCUT2D eigenvalue weighted by Crippen LogP contribution is -2.47. The lowest BCUT2D eigenvalue weighted by molar-refractivity contribution is 0.154. The van der Waals surface area contributed by atoms with Gasteiger partial charge in [-0.25, -0.2) is 4.39 Å². The van der Waals surface area contributed by atoms with Crippen LogP contribution in [0.25, 0.3) is 0 Å². The molecular formula is C23H29ClFN3O2. The largest absolute Gasteiger partial charge is 0.454 e. The van der Waals surface area contributed by atoms with Gasteiger partial charge in [-0.3, -0.25) is 0 Å². The number of fused-ring (bicyclic) bond motifs is 1. The molecule has 2 heterocycles. The number of nitrogens with two attached hydrogens (primary N) is 1. The fraction of sp³-hybridized carbons (Fsp3) is 0.478. The first-order chi connectivity index (χ1) is 14.5. The summed E-state index contributed by atoms with van der Waals surface area (Å²) in [6.45, 7) is 5.65. The zero-order valence-electron chi connectivity index (χ0n) is 17.3. The van der Waals surface area contributed by atoms with Gasteiger partial charge in [-0.05, 0) is 63.1 Å². The van der Waals surface area contributed by atoms with Crippen molar-refractivity contribution in [2.45, 2.75) is 44.8 Å². The van der Waals surface area contributed by atoms with Gasteiger partial charge in [0.1, 0.15) is 5.82 Å². The SMILES string of the molecule is CC(CCN)N1CCC(N(Cc2cc(Cl)ccc2F)c2ccc3c(c2)OCO3)CC1. The molecule has 2 aromatic carbocycles. The van der Waals surface area contributed by atoms with E-state index in [0.717, 1.165) is 49.5 Å². The van der Waals surface area contributed by atoms with Crippen LogP contribution in [-0.2, 0) is 6.54 Å². The summed E-state index contributed by atoms with van der Waals surface area (Å²) >= 11 is 6.15. The second kappa shape index (κ2) is 9.41. The Bertz CT molecular complexity index is 874. The summed E-state index contributed by atoms with van der Waals surface area (Å²) in [5, 5.41) is 0.544. The Balaban J connectivity index is 1.57. The number of anilines is 1. The maximum absolute atomic E-state index is 14.5. The lowest BCUT2D eigenvalue weighted by atomic mass is 9.99. The van der Waals surface area contributed by atoms with Crippen molar-refractivity contribution in [2.75, 3.05) is 31.3 Å². The van der Waals surface area contributed by atoms with Crippen LogP contribution in [0.15, 0.2) is 36.4 Å². The molecule has 162 valence electrons. The van der Waals surface area contributed by atoms with E-state index in [1.807, 2.05) is 18.2 Å². The molecule has 30 heavy (non-hydrogen) atoms. The second-order valence-corrected chi connectivity index (χ2v) is 8.53. The van der Waals surface area contributed by atoms with Crippen LogP contribution in [0.5, 0.6) is 11.5 Å². The predicted molar refractivity (Wildman–Crippen MR) is 118 cm³/mol. The third-order valence-corrected chi connectivity index (χ3v) is 6.42. The van der Waals surface area contributed by atoms with Gasteiger partial charge >= 0.3 is 0 Å². The van der Waals surface area contributed by atoms with E-state index in [1.54, 1.807) is 12.1 Å². The molecule has 1 fully saturated rings. The Morgan fingerprint density at radius 3 is 2.70 bits per heavy atom. The van der Waals surface area contributed by atoms with Crippen molar-refractivity contribution in [1.82, 2.24) is 4.90 Å². The van der Waals surface area contributed by atoms with Crippen LogP contribution in [0.4, 0.5) is 10.1 Å². The molecule has 2 N–H and O–H groups in total. The monoisotopic (exact) mass is 433 g/mol. The number of likely N-dealkylation sites (tertiary alicyclic amines) is 1. The van der Waals surface area contributed by atoms with E-state index >= 15 is 0 Å². The van der Waals surface area contributed by atoms with Crippen molar-refractivity contribution < 1.29 is 13.9 Å². The first kappa shape index (κ1) is 21.2. The third-order valence-electron chi connectivity index (χ3n) is 6.18. The van der Waals surface area contributed by atoms with Crippen molar-refractivity contribution in [3.8, 4) is 11.5 Å². The van der Waals surface area contributed by atoms with Gasteiger partial charge in [0.15, 0.2) is 11.5 Å². The zero-order valence-corrected chi connectivity index (χ0v) is 18.1. The fourth-order valence-corrected chi connectivity index (χ4v) is 4.60. The Morgan fingerprint density at radius 1 is 1.17 bits per heavy atom. The summed E-state index contributed by atoms with van der Waals surface area (Å²) in [5.74, 6) is 1.25. The number of rotatable bonds is 7. The Hall–Kier alpha value is -2.02. The minimum Gasteiger partial charge on any atom is -0.454 e. The van der Waals surface area contributed by atoms with Crippen LogP contribution in [0.1, 0.15) is 31.7 Å². The van der Waals surface area contributed by atoms with E-state index in [4.69, 9.17) is 26.8 Å². The summed E-state index contributed by atoms with van der Waals surface area (Å²) in [6, 6.07) is 11.5. The van der Waals surface area contributed by atoms with Gasteiger partial charge < -0.3 is 25.0 Å². The van der Waals surface area contributed by atoms with Crippen molar-refractivity contribution in [3.05, 3.63) is 52.8 Å². The van der Waals surface area contributed by atoms with Crippen LogP contribution in [0.3, 0.4) is 0 Å². The Morgan fingerprint density at radius 2 is 1.93 bits per heavy atom. The van der Waals surface area contributed by atoms with Crippen molar-refractivity contribution in [3.63, 3.8) is 0 Å². The van der Waals surface area contributed by atoms with Crippen molar-refractivity contribution in [2.24, 2.45) is 5.73 Å². The number of nitrogens with zero attached hydrogens (tertiary/aromatic N) is 2. The molecule has 0 amide bonds. The molecule has 4 rings (SSSR count). The van der Waals surface area contributed by atoms with E-state index in [2.05, 4.69) is 16.7 Å². The zero-order chi connectivity index (χ0) is 21.1. The lowest BCUT2D eigenvalue weighted by Gasteiger charge is -2.42. The summed E-state index contributed by atoms with van der Waals surface area (Å²) in [6.07, 6.45) is 3.02. The summed E-state index contributed by atoms with van der Waals surface area (Å²) in [4.78, 5) is 4.78. The average Bonchev–Trinajstić information content (AvgIpc) is 3.22. The third kappa shape index (κ3) is 4.66. The molecule has 0 spiro atoms. The average molecular weight is 434 g/mol. The number of hydrogen-bond donors (Lipinski definition) is 1. The Labute approximate surface area is 182 Å². The van der Waals surface area contributed by atoms with Gasteiger partial charge in [0.2, 0.25) is 6.79 Å². The molecular weight excluding hydrogens is 405 g/mol. The second-order valence-electron chi connectivity index (χ2n) is 8.09. The smallest absolute Gasteiger partial charge is 0.231 e. The van der Waals surface area contributed by atoms with Crippen LogP contribution in [-0.4, -0.2) is 43.4 Å². The molecule has 1 atom stereocenters. The van der Waals surface area contributed by atoms with Crippen LogP contribution in [0.2, 0.25) is 5.02 Å². The molecule has 0 aromatic heterocycles. The molecule has 7 heteroatoms. The highest BCUT2D eigenvalue weighted by Gasteiger charge is 2.28. The van der Waals surface area contributed by atoms with Crippen molar-refractivity contribution in [1.29, 1.82) is 0 Å². The molecule has 0 radical (unpaired) electrons. The maximum Gasteiger partial charge on any atom is 0.231 e. The van der Waals surface area contributed by atoms with Crippen LogP contribution < -0.4 is 20.1 Å². The minimum absolute atomic E-state index is 0.235. The normalized spacial score (nSPS) is 17.9. The van der Waals surface area contributed by atoms with E-state index in [1.165, 1.54) is 6.07 Å². The highest BCUT2D eigenvalue weighted by atomic mass is 35.5. The van der Waals surface area contributed by atoms with Gasteiger partial charge in [0.25, 0.3) is 0 Å². The standard InChI is InChI=1S/C23H29ClFN3O2/c1-16(6-9-26)27-10-7-19(8-11-27)28(14-17-12-18(24)2-4-21(17)25)20-3-5-22-23(13-20)30-15-29-22/h2-5,12-13,16,19H,6-11,14-15,26H2,1H3. The van der Waals surface area contributed by atoms with Crippen LogP contribution >= 0.6 is 11.6 Å². The number of ether oxygens (including phenoxy) is 2. The molecule has 0 bridgehead atoms. The first-order valence-electron chi connectivity index (χ1n) is 10.6. The molecule has 2 aliphatic rings. The molecule has 0 aliphatic carbocycles. The van der Waals surface area contributed by atoms with Gasteiger partial charge in [-0.15, -0.1) is 0 Å². The molecule has 2 aliphatic heterocycles. The predicted octanol–water partition coefficient (Wildman–Crippen LogP) is 4.42. The van der Waals surface area contributed by atoms with Crippen LogP contribution in [0, 0.1) is 5.82 Å². The molecule has 1 unspecified atom stereocenters. The minimum atomic E-state index is -0.237. The highest BCUT2D eigenvalue weighted by Crippen LogP contribution is 2.37. The number of piperidine rings is 1. The molecule has 1 saturated heterocycles. The Kier molecular flexibility index (Phi) is 6.66. The van der Waals surface area contributed by atoms with E-state index in [9.17, 15) is 4.39 Å². The maximum atomic E-state index is 14.5.